The smallest absolute Gasteiger partial charge is 0.156 e. The minimum Gasteiger partial charge on any atom is -0.382 e. The van der Waals surface area contributed by atoms with Gasteiger partial charge in [0, 0.05) is 13.0 Å². The van der Waals surface area contributed by atoms with Gasteiger partial charge in [0.25, 0.3) is 0 Å². The molecule has 2 unspecified atom stereocenters. The van der Waals surface area contributed by atoms with E-state index in [0.717, 1.165) is 6.42 Å². The number of ether oxygens (including phenoxy) is 2. The minimum atomic E-state index is -0.665. The number of hydrogen-bond donors (Lipinski definition) is 1. The summed E-state index contributed by atoms with van der Waals surface area (Å²) in [6.45, 7) is 8.26. The van der Waals surface area contributed by atoms with Crippen LogP contribution in [0.1, 0.15) is 52.9 Å². The Hall–Kier alpha value is -0.120. The van der Waals surface area contributed by atoms with Gasteiger partial charge in [0.1, 0.15) is 0 Å². The van der Waals surface area contributed by atoms with E-state index in [2.05, 4.69) is 13.8 Å². The summed E-state index contributed by atoms with van der Waals surface area (Å²) in [5, 5.41) is 9.54. The lowest BCUT2D eigenvalue weighted by Crippen LogP contribution is -2.19. The molecule has 0 aliphatic carbocycles. The molecule has 0 rings (SSSR count). The summed E-state index contributed by atoms with van der Waals surface area (Å²) in [6, 6.07) is 0. The molecule has 2 atom stereocenters. The molecule has 0 saturated carbocycles. The largest absolute Gasteiger partial charge is 0.382 e. The van der Waals surface area contributed by atoms with E-state index in [-0.39, 0.29) is 0 Å². The third kappa shape index (κ3) is 9.13. The molecular formula is C13H28O3. The standard InChI is InChI=1S/C13H28O3/c1-4-7-8-12(5-2)11-16-13(14)9-10-15-6-3/h12-14H,4-11H2,1-3H3. The van der Waals surface area contributed by atoms with Crippen LogP contribution >= 0.6 is 0 Å². The molecule has 0 aliphatic rings. The first kappa shape index (κ1) is 15.9. The Balaban J connectivity index is 3.50. The number of unbranched alkanes of at least 4 members (excludes halogenated alkanes) is 1. The molecule has 0 fully saturated rings. The Morgan fingerprint density at radius 3 is 2.44 bits per heavy atom. The summed E-state index contributed by atoms with van der Waals surface area (Å²) in [5.74, 6) is 0.585. The molecule has 0 amide bonds. The van der Waals surface area contributed by atoms with Crippen LogP contribution in [0.25, 0.3) is 0 Å². The fourth-order valence-corrected chi connectivity index (χ4v) is 1.56. The summed E-state index contributed by atoms with van der Waals surface area (Å²) >= 11 is 0. The number of hydrogen-bond acceptors (Lipinski definition) is 3. The van der Waals surface area contributed by atoms with E-state index in [1.807, 2.05) is 6.92 Å². The normalized spacial score (nSPS) is 15.0. The molecule has 0 aromatic heterocycles. The Morgan fingerprint density at radius 2 is 1.88 bits per heavy atom. The zero-order chi connectivity index (χ0) is 12.2. The van der Waals surface area contributed by atoms with Crippen LogP contribution in [0.15, 0.2) is 0 Å². The van der Waals surface area contributed by atoms with Crippen molar-refractivity contribution < 1.29 is 14.6 Å². The fraction of sp³-hybridized carbons (Fsp3) is 1.00. The van der Waals surface area contributed by atoms with Crippen LogP contribution in [0, 0.1) is 5.92 Å². The Morgan fingerprint density at radius 1 is 1.12 bits per heavy atom. The molecule has 0 aromatic carbocycles. The van der Waals surface area contributed by atoms with Crippen molar-refractivity contribution >= 4 is 0 Å². The first-order valence-corrected chi connectivity index (χ1v) is 6.61. The summed E-state index contributed by atoms with van der Waals surface area (Å²) in [7, 11) is 0. The lowest BCUT2D eigenvalue weighted by molar-refractivity contribution is -0.122. The van der Waals surface area contributed by atoms with Crippen molar-refractivity contribution in [1.29, 1.82) is 0 Å². The second kappa shape index (κ2) is 11.4. The van der Waals surface area contributed by atoms with Crippen molar-refractivity contribution in [2.75, 3.05) is 19.8 Å². The average molecular weight is 232 g/mol. The molecule has 0 radical (unpaired) electrons. The SMILES string of the molecule is CCCCC(CC)COC(O)CCOCC. The maximum Gasteiger partial charge on any atom is 0.156 e. The van der Waals surface area contributed by atoms with Gasteiger partial charge in [-0.2, -0.15) is 0 Å². The van der Waals surface area contributed by atoms with Gasteiger partial charge in [0.2, 0.25) is 0 Å². The fourth-order valence-electron chi connectivity index (χ4n) is 1.56. The van der Waals surface area contributed by atoms with Crippen LogP contribution in [0.4, 0.5) is 0 Å². The molecule has 0 saturated heterocycles. The lowest BCUT2D eigenvalue weighted by atomic mass is 10.0. The monoisotopic (exact) mass is 232 g/mol. The van der Waals surface area contributed by atoms with Crippen LogP contribution in [0.2, 0.25) is 0 Å². The van der Waals surface area contributed by atoms with Crippen molar-refractivity contribution in [2.45, 2.75) is 59.2 Å². The summed E-state index contributed by atoms with van der Waals surface area (Å²) in [4.78, 5) is 0. The molecular weight excluding hydrogens is 204 g/mol. The third-order valence-corrected chi connectivity index (χ3v) is 2.78. The summed E-state index contributed by atoms with van der Waals surface area (Å²) in [5.41, 5.74) is 0. The molecule has 3 nitrogen and oxygen atoms in total. The average Bonchev–Trinajstić information content (AvgIpc) is 2.30. The molecule has 3 heteroatoms. The Bertz CT molecular complexity index is 139. The zero-order valence-corrected chi connectivity index (χ0v) is 11.1. The first-order chi connectivity index (χ1) is 7.74. The first-order valence-electron chi connectivity index (χ1n) is 6.61. The van der Waals surface area contributed by atoms with Gasteiger partial charge in [-0.25, -0.2) is 0 Å². The quantitative estimate of drug-likeness (QED) is 0.439. The molecule has 0 aromatic rings. The molecule has 0 aliphatic heterocycles. The van der Waals surface area contributed by atoms with Crippen LogP contribution in [-0.2, 0) is 9.47 Å². The van der Waals surface area contributed by atoms with E-state index in [1.54, 1.807) is 0 Å². The van der Waals surface area contributed by atoms with Gasteiger partial charge in [-0.05, 0) is 19.3 Å². The van der Waals surface area contributed by atoms with Gasteiger partial charge < -0.3 is 14.6 Å². The van der Waals surface area contributed by atoms with Crippen LogP contribution < -0.4 is 0 Å². The Kier molecular flexibility index (Phi) is 11.3. The van der Waals surface area contributed by atoms with Crippen LogP contribution in [0.3, 0.4) is 0 Å². The van der Waals surface area contributed by atoms with E-state index in [4.69, 9.17) is 9.47 Å². The molecule has 98 valence electrons. The second-order valence-corrected chi connectivity index (χ2v) is 4.19. The van der Waals surface area contributed by atoms with Crippen molar-refractivity contribution in [3.63, 3.8) is 0 Å². The Labute approximate surface area is 100 Å². The van der Waals surface area contributed by atoms with Crippen LogP contribution in [-0.4, -0.2) is 31.2 Å². The summed E-state index contributed by atoms with van der Waals surface area (Å²) < 4.78 is 10.6. The van der Waals surface area contributed by atoms with Gasteiger partial charge in [0.15, 0.2) is 6.29 Å². The molecule has 0 spiro atoms. The highest BCUT2D eigenvalue weighted by Crippen LogP contribution is 2.13. The third-order valence-electron chi connectivity index (χ3n) is 2.78. The molecule has 1 N–H and O–H groups in total. The van der Waals surface area contributed by atoms with Crippen molar-refractivity contribution in [1.82, 2.24) is 0 Å². The van der Waals surface area contributed by atoms with Crippen LogP contribution in [0.5, 0.6) is 0 Å². The number of aliphatic hydroxyl groups excluding tert-OH is 1. The number of rotatable bonds is 11. The van der Waals surface area contributed by atoms with E-state index >= 15 is 0 Å². The highest BCUT2D eigenvalue weighted by Gasteiger charge is 2.10. The van der Waals surface area contributed by atoms with E-state index in [9.17, 15) is 5.11 Å². The highest BCUT2D eigenvalue weighted by atomic mass is 16.6. The molecule has 16 heavy (non-hydrogen) atoms. The maximum atomic E-state index is 9.54. The topological polar surface area (TPSA) is 38.7 Å². The van der Waals surface area contributed by atoms with E-state index in [1.165, 1.54) is 19.3 Å². The van der Waals surface area contributed by atoms with E-state index in [0.29, 0.717) is 32.2 Å². The van der Waals surface area contributed by atoms with Crippen molar-refractivity contribution in [2.24, 2.45) is 5.92 Å². The number of aliphatic hydroxyl groups is 1. The minimum absolute atomic E-state index is 0.568. The van der Waals surface area contributed by atoms with Gasteiger partial charge in [-0.1, -0.05) is 33.1 Å². The maximum absolute atomic E-state index is 9.54. The molecule has 0 heterocycles. The van der Waals surface area contributed by atoms with Gasteiger partial charge in [-0.15, -0.1) is 0 Å². The predicted molar refractivity (Wildman–Crippen MR) is 66.4 cm³/mol. The zero-order valence-electron chi connectivity index (χ0n) is 11.1. The van der Waals surface area contributed by atoms with Gasteiger partial charge in [-0.3, -0.25) is 0 Å². The van der Waals surface area contributed by atoms with Crippen molar-refractivity contribution in [3.8, 4) is 0 Å². The van der Waals surface area contributed by atoms with Gasteiger partial charge >= 0.3 is 0 Å². The lowest BCUT2D eigenvalue weighted by Gasteiger charge is -2.18. The van der Waals surface area contributed by atoms with E-state index < -0.39 is 6.29 Å². The van der Waals surface area contributed by atoms with Gasteiger partial charge in [0.05, 0.1) is 13.2 Å². The molecule has 0 bridgehead atoms. The summed E-state index contributed by atoms with van der Waals surface area (Å²) in [6.07, 6.45) is 4.70. The highest BCUT2D eigenvalue weighted by molar-refractivity contribution is 4.56. The van der Waals surface area contributed by atoms with Crippen molar-refractivity contribution in [3.05, 3.63) is 0 Å². The second-order valence-electron chi connectivity index (χ2n) is 4.19. The predicted octanol–water partition coefficient (Wildman–Crippen LogP) is 2.96.